The average molecular weight is 266 g/mol. The highest BCUT2D eigenvalue weighted by Crippen LogP contribution is 2.48. The van der Waals surface area contributed by atoms with E-state index in [1.54, 1.807) is 11.3 Å². The SMILES string of the molecule is Cc1cc(C(Cl)C2CC2)sc1Br. The lowest BCUT2D eigenvalue weighted by molar-refractivity contribution is 0.811. The molecule has 2 rings (SSSR count). The first-order valence-electron chi connectivity index (χ1n) is 4.08. The van der Waals surface area contributed by atoms with Crippen LogP contribution >= 0.6 is 38.9 Å². The van der Waals surface area contributed by atoms with Crippen LogP contribution < -0.4 is 0 Å². The van der Waals surface area contributed by atoms with Gasteiger partial charge in [-0.2, -0.15) is 0 Å². The molecule has 1 unspecified atom stereocenters. The molecule has 0 bridgehead atoms. The minimum Gasteiger partial charge on any atom is -0.131 e. The number of hydrogen-bond acceptors (Lipinski definition) is 1. The summed E-state index contributed by atoms with van der Waals surface area (Å²) in [6, 6.07) is 2.20. The summed E-state index contributed by atoms with van der Waals surface area (Å²) in [5.74, 6) is 0.747. The first-order valence-corrected chi connectivity index (χ1v) is 6.13. The summed E-state index contributed by atoms with van der Waals surface area (Å²) in [6.07, 6.45) is 2.62. The molecule has 1 heterocycles. The van der Waals surface area contributed by atoms with Gasteiger partial charge in [0.25, 0.3) is 0 Å². The van der Waals surface area contributed by atoms with Gasteiger partial charge in [0.2, 0.25) is 0 Å². The number of alkyl halides is 1. The van der Waals surface area contributed by atoms with Gasteiger partial charge in [-0.1, -0.05) is 0 Å². The van der Waals surface area contributed by atoms with Crippen molar-refractivity contribution in [3.05, 3.63) is 20.3 Å². The zero-order chi connectivity index (χ0) is 8.72. The maximum absolute atomic E-state index is 6.28. The second-order valence-corrected chi connectivity index (χ2v) is 6.22. The summed E-state index contributed by atoms with van der Waals surface area (Å²) < 4.78 is 1.23. The topological polar surface area (TPSA) is 0 Å². The smallest absolute Gasteiger partial charge is 0.0731 e. The molecule has 0 spiro atoms. The van der Waals surface area contributed by atoms with E-state index < -0.39 is 0 Å². The van der Waals surface area contributed by atoms with Crippen molar-refractivity contribution in [1.82, 2.24) is 0 Å². The fourth-order valence-electron chi connectivity index (χ4n) is 1.24. The first-order chi connectivity index (χ1) is 5.68. The van der Waals surface area contributed by atoms with Crippen LogP contribution in [0.25, 0.3) is 0 Å². The van der Waals surface area contributed by atoms with E-state index in [1.807, 2.05) is 0 Å². The quantitative estimate of drug-likeness (QED) is 0.690. The molecule has 0 amide bonds. The summed E-state index contributed by atoms with van der Waals surface area (Å²) in [5, 5.41) is 0.264. The number of rotatable bonds is 2. The van der Waals surface area contributed by atoms with Crippen LogP contribution in [0.4, 0.5) is 0 Å². The Kier molecular flexibility index (Phi) is 2.50. The van der Waals surface area contributed by atoms with Gasteiger partial charge in [-0.25, -0.2) is 0 Å². The lowest BCUT2D eigenvalue weighted by Crippen LogP contribution is -1.87. The Morgan fingerprint density at radius 3 is 2.75 bits per heavy atom. The number of aryl methyl sites for hydroxylation is 1. The van der Waals surface area contributed by atoms with Gasteiger partial charge < -0.3 is 0 Å². The summed E-state index contributed by atoms with van der Waals surface area (Å²) >= 11 is 11.6. The highest BCUT2D eigenvalue weighted by atomic mass is 79.9. The van der Waals surface area contributed by atoms with Crippen molar-refractivity contribution in [2.75, 3.05) is 0 Å². The largest absolute Gasteiger partial charge is 0.131 e. The van der Waals surface area contributed by atoms with E-state index in [2.05, 4.69) is 28.9 Å². The van der Waals surface area contributed by atoms with Gasteiger partial charge in [-0.15, -0.1) is 22.9 Å². The van der Waals surface area contributed by atoms with Gasteiger partial charge in [-0.3, -0.25) is 0 Å². The van der Waals surface area contributed by atoms with Crippen LogP contribution in [-0.4, -0.2) is 0 Å². The highest BCUT2D eigenvalue weighted by Gasteiger charge is 2.31. The molecule has 1 aromatic heterocycles. The summed E-state index contributed by atoms with van der Waals surface area (Å²) in [4.78, 5) is 1.32. The molecule has 1 atom stereocenters. The molecule has 0 aromatic carbocycles. The third kappa shape index (κ3) is 1.70. The first kappa shape index (κ1) is 9.04. The molecule has 0 N–H and O–H groups in total. The lowest BCUT2D eigenvalue weighted by Gasteiger charge is -2.02. The molecule has 1 aromatic rings. The molecule has 0 saturated heterocycles. The van der Waals surface area contributed by atoms with Crippen molar-refractivity contribution < 1.29 is 0 Å². The van der Waals surface area contributed by atoms with Crippen LogP contribution in [0.3, 0.4) is 0 Å². The molecule has 0 nitrogen and oxygen atoms in total. The number of thiophene rings is 1. The Balaban J connectivity index is 2.21. The molecular weight excluding hydrogens is 256 g/mol. The van der Waals surface area contributed by atoms with Crippen molar-refractivity contribution in [3.8, 4) is 0 Å². The normalized spacial score (nSPS) is 19.6. The van der Waals surface area contributed by atoms with Gasteiger partial charge in [0.15, 0.2) is 0 Å². The molecule has 1 saturated carbocycles. The maximum atomic E-state index is 6.28. The third-order valence-electron chi connectivity index (χ3n) is 2.18. The Morgan fingerprint density at radius 2 is 2.33 bits per heavy atom. The van der Waals surface area contributed by atoms with E-state index in [1.165, 1.54) is 27.1 Å². The van der Waals surface area contributed by atoms with Crippen molar-refractivity contribution >= 4 is 38.9 Å². The van der Waals surface area contributed by atoms with Crippen molar-refractivity contribution in [2.45, 2.75) is 25.1 Å². The molecule has 1 aliphatic carbocycles. The molecule has 3 heteroatoms. The molecule has 0 aliphatic heterocycles. The van der Waals surface area contributed by atoms with Gasteiger partial charge in [0, 0.05) is 4.88 Å². The Labute approximate surface area is 90.1 Å². The van der Waals surface area contributed by atoms with E-state index in [-0.39, 0.29) is 5.38 Å². The predicted octanol–water partition coefficient (Wildman–Crippen LogP) is 4.51. The fraction of sp³-hybridized carbons (Fsp3) is 0.556. The Hall–Kier alpha value is 0.470. The van der Waals surface area contributed by atoms with E-state index >= 15 is 0 Å². The van der Waals surface area contributed by atoms with E-state index in [0.717, 1.165) is 5.92 Å². The minimum absolute atomic E-state index is 0.264. The van der Waals surface area contributed by atoms with Gasteiger partial charge in [-0.05, 0) is 53.2 Å². The summed E-state index contributed by atoms with van der Waals surface area (Å²) in [6.45, 7) is 2.11. The molecule has 1 fully saturated rings. The van der Waals surface area contributed by atoms with Crippen molar-refractivity contribution in [1.29, 1.82) is 0 Å². The molecule has 12 heavy (non-hydrogen) atoms. The lowest BCUT2D eigenvalue weighted by atomic mass is 10.2. The van der Waals surface area contributed by atoms with Crippen molar-refractivity contribution in [3.63, 3.8) is 0 Å². The maximum Gasteiger partial charge on any atom is 0.0731 e. The van der Waals surface area contributed by atoms with Gasteiger partial charge >= 0.3 is 0 Å². The minimum atomic E-state index is 0.264. The van der Waals surface area contributed by atoms with Crippen LogP contribution in [0.5, 0.6) is 0 Å². The van der Waals surface area contributed by atoms with Crippen LogP contribution in [0.1, 0.15) is 28.7 Å². The van der Waals surface area contributed by atoms with Gasteiger partial charge in [0.05, 0.1) is 9.16 Å². The van der Waals surface area contributed by atoms with E-state index in [4.69, 9.17) is 11.6 Å². The number of hydrogen-bond donors (Lipinski definition) is 0. The second-order valence-electron chi connectivity index (χ2n) is 3.34. The predicted molar refractivity (Wildman–Crippen MR) is 58.1 cm³/mol. The zero-order valence-corrected chi connectivity index (χ0v) is 9.97. The Morgan fingerprint density at radius 1 is 1.67 bits per heavy atom. The Bertz CT molecular complexity index is 271. The van der Waals surface area contributed by atoms with Crippen LogP contribution in [0.2, 0.25) is 0 Å². The molecule has 1 aliphatic rings. The molecule has 0 radical (unpaired) electrons. The monoisotopic (exact) mass is 264 g/mol. The fourth-order valence-corrected chi connectivity index (χ4v) is 3.33. The summed E-state index contributed by atoms with van der Waals surface area (Å²) in [5.41, 5.74) is 1.31. The molecule has 66 valence electrons. The highest BCUT2D eigenvalue weighted by molar-refractivity contribution is 9.11. The van der Waals surface area contributed by atoms with E-state index in [9.17, 15) is 0 Å². The van der Waals surface area contributed by atoms with E-state index in [0.29, 0.717) is 0 Å². The van der Waals surface area contributed by atoms with Gasteiger partial charge in [0.1, 0.15) is 0 Å². The third-order valence-corrected chi connectivity index (χ3v) is 5.12. The standard InChI is InChI=1S/C9H10BrClS/c1-5-4-7(12-9(5)10)8(11)6-2-3-6/h4,6,8H,2-3H2,1H3. The number of halogens is 2. The van der Waals surface area contributed by atoms with Crippen LogP contribution in [-0.2, 0) is 0 Å². The zero-order valence-electron chi connectivity index (χ0n) is 6.81. The second kappa shape index (κ2) is 3.32. The van der Waals surface area contributed by atoms with Crippen molar-refractivity contribution in [2.24, 2.45) is 5.92 Å². The summed E-state index contributed by atoms with van der Waals surface area (Å²) in [7, 11) is 0. The van der Waals surface area contributed by atoms with Crippen LogP contribution in [0.15, 0.2) is 9.85 Å². The molecular formula is C9H10BrClS. The average Bonchev–Trinajstić information content (AvgIpc) is 2.80. The van der Waals surface area contributed by atoms with Crippen LogP contribution in [0, 0.1) is 12.8 Å².